The monoisotopic (exact) mass is 348 g/mol. The van der Waals surface area contributed by atoms with E-state index in [2.05, 4.69) is 4.98 Å². The normalized spacial score (nSPS) is 14.9. The van der Waals surface area contributed by atoms with Gasteiger partial charge in [-0.2, -0.15) is 4.31 Å². The zero-order valence-corrected chi connectivity index (χ0v) is 13.8. The third-order valence-corrected chi connectivity index (χ3v) is 5.81. The van der Waals surface area contributed by atoms with Crippen LogP contribution in [0.1, 0.15) is 21.6 Å². The van der Waals surface area contributed by atoms with Crippen molar-refractivity contribution in [3.8, 4) is 5.75 Å². The molecule has 0 unspecified atom stereocenters. The van der Waals surface area contributed by atoms with Crippen molar-refractivity contribution in [2.45, 2.75) is 17.9 Å². The maximum atomic E-state index is 12.7. The van der Waals surface area contributed by atoms with Crippen LogP contribution < -0.4 is 4.74 Å². The van der Waals surface area contributed by atoms with Crippen LogP contribution >= 0.6 is 0 Å². The van der Waals surface area contributed by atoms with Crippen LogP contribution in [0.4, 0.5) is 0 Å². The van der Waals surface area contributed by atoms with Crippen LogP contribution in [-0.2, 0) is 23.0 Å². The second-order valence-electron chi connectivity index (χ2n) is 5.41. The van der Waals surface area contributed by atoms with Crippen LogP contribution in [-0.4, -0.2) is 42.4 Å². The lowest BCUT2D eigenvalue weighted by Crippen LogP contribution is -2.36. The number of ether oxygens (including phenoxy) is 1. The molecule has 7 nitrogen and oxygen atoms in total. The number of nitrogens with zero attached hydrogens (tertiary/aromatic N) is 2. The Morgan fingerprint density at radius 2 is 2.04 bits per heavy atom. The van der Waals surface area contributed by atoms with E-state index < -0.39 is 16.0 Å². The zero-order valence-electron chi connectivity index (χ0n) is 13.0. The summed E-state index contributed by atoms with van der Waals surface area (Å²) >= 11 is 0. The molecule has 2 aromatic rings. The number of carbonyl (C=O) groups is 1. The number of methoxy groups -OCH3 is 1. The molecular weight excluding hydrogens is 332 g/mol. The standard InChI is InChI=1S/C16H16N2O5S/c1-23-13-3-2-11-6-7-18(10-12(11)8-13)24(21,22)14-4-5-15(16(19)20)17-9-14/h2-5,8-9H,6-7,10H2,1H3,(H,19,20). The second kappa shape index (κ2) is 6.21. The quantitative estimate of drug-likeness (QED) is 0.900. The van der Waals surface area contributed by atoms with Gasteiger partial charge in [-0.1, -0.05) is 6.07 Å². The van der Waals surface area contributed by atoms with Gasteiger partial charge in [-0.3, -0.25) is 0 Å². The number of fused-ring (bicyclic) bond motifs is 1. The Hall–Kier alpha value is -2.45. The molecule has 126 valence electrons. The molecule has 2 heterocycles. The van der Waals surface area contributed by atoms with Gasteiger partial charge in [0, 0.05) is 19.3 Å². The largest absolute Gasteiger partial charge is 0.497 e. The second-order valence-corrected chi connectivity index (χ2v) is 7.35. The fourth-order valence-electron chi connectivity index (χ4n) is 2.65. The number of aromatic carboxylic acids is 1. The fourth-order valence-corrected chi connectivity index (χ4v) is 4.01. The summed E-state index contributed by atoms with van der Waals surface area (Å²) in [5.74, 6) is -0.515. The average molecular weight is 348 g/mol. The first-order valence-corrected chi connectivity index (χ1v) is 8.71. The third kappa shape index (κ3) is 2.98. The average Bonchev–Trinajstić information content (AvgIpc) is 2.60. The van der Waals surface area contributed by atoms with Gasteiger partial charge in [-0.25, -0.2) is 18.2 Å². The highest BCUT2D eigenvalue weighted by molar-refractivity contribution is 7.89. The topological polar surface area (TPSA) is 96.8 Å². The van der Waals surface area contributed by atoms with E-state index in [0.717, 1.165) is 17.3 Å². The van der Waals surface area contributed by atoms with Crippen molar-refractivity contribution in [3.63, 3.8) is 0 Å². The van der Waals surface area contributed by atoms with Gasteiger partial charge < -0.3 is 9.84 Å². The number of carboxylic acid groups (broad SMARTS) is 1. The Labute approximate surface area is 139 Å². The van der Waals surface area contributed by atoms with Crippen molar-refractivity contribution in [1.82, 2.24) is 9.29 Å². The number of rotatable bonds is 4. The molecule has 0 saturated heterocycles. The van der Waals surface area contributed by atoms with E-state index in [-0.39, 0.29) is 17.1 Å². The number of hydrogen-bond acceptors (Lipinski definition) is 5. The summed E-state index contributed by atoms with van der Waals surface area (Å²) in [6.45, 7) is 0.609. The molecule has 8 heteroatoms. The van der Waals surface area contributed by atoms with Gasteiger partial charge in [0.05, 0.1) is 7.11 Å². The summed E-state index contributed by atoms with van der Waals surface area (Å²) in [5.41, 5.74) is 1.81. The van der Waals surface area contributed by atoms with Gasteiger partial charge >= 0.3 is 5.97 Å². The summed E-state index contributed by atoms with van der Waals surface area (Å²) in [6.07, 6.45) is 1.69. The molecule has 1 aromatic carbocycles. The van der Waals surface area contributed by atoms with Gasteiger partial charge in [-0.15, -0.1) is 0 Å². The first-order chi connectivity index (χ1) is 11.4. The molecule has 1 N–H and O–H groups in total. The van der Waals surface area contributed by atoms with E-state index in [1.807, 2.05) is 18.2 Å². The van der Waals surface area contributed by atoms with Crippen LogP contribution in [0, 0.1) is 0 Å². The highest BCUT2D eigenvalue weighted by Gasteiger charge is 2.29. The maximum Gasteiger partial charge on any atom is 0.354 e. The molecule has 0 radical (unpaired) electrons. The molecular formula is C16H16N2O5S. The van der Waals surface area contributed by atoms with Gasteiger partial charge in [-0.05, 0) is 41.8 Å². The van der Waals surface area contributed by atoms with Crippen LogP contribution in [0.25, 0.3) is 0 Å². The van der Waals surface area contributed by atoms with Crippen molar-refractivity contribution in [1.29, 1.82) is 0 Å². The van der Waals surface area contributed by atoms with Crippen molar-refractivity contribution >= 4 is 16.0 Å². The van der Waals surface area contributed by atoms with Crippen molar-refractivity contribution in [2.24, 2.45) is 0 Å². The molecule has 24 heavy (non-hydrogen) atoms. The van der Waals surface area contributed by atoms with Gasteiger partial charge in [0.2, 0.25) is 10.0 Å². The molecule has 0 bridgehead atoms. The number of carboxylic acids is 1. The molecule has 0 aliphatic carbocycles. The van der Waals surface area contributed by atoms with E-state index in [1.54, 1.807) is 7.11 Å². The maximum absolute atomic E-state index is 12.7. The Balaban J connectivity index is 1.89. The zero-order chi connectivity index (χ0) is 17.3. The lowest BCUT2D eigenvalue weighted by Gasteiger charge is -2.28. The molecule has 1 aromatic heterocycles. The summed E-state index contributed by atoms with van der Waals surface area (Å²) in [6, 6.07) is 8.10. The third-order valence-electron chi connectivity index (χ3n) is 3.98. The Kier molecular flexibility index (Phi) is 4.25. The summed E-state index contributed by atoms with van der Waals surface area (Å²) in [5, 5.41) is 8.85. The predicted molar refractivity (Wildman–Crippen MR) is 85.5 cm³/mol. The summed E-state index contributed by atoms with van der Waals surface area (Å²) in [4.78, 5) is 14.5. The highest BCUT2D eigenvalue weighted by Crippen LogP contribution is 2.27. The molecule has 0 saturated carbocycles. The number of aromatic nitrogens is 1. The van der Waals surface area contributed by atoms with Crippen molar-refractivity contribution < 1.29 is 23.1 Å². The Morgan fingerprint density at radius 1 is 1.25 bits per heavy atom. The summed E-state index contributed by atoms with van der Waals surface area (Å²) < 4.78 is 32.0. The molecule has 3 rings (SSSR count). The number of hydrogen-bond donors (Lipinski definition) is 1. The minimum atomic E-state index is -3.73. The lowest BCUT2D eigenvalue weighted by atomic mass is 10.0. The van der Waals surface area contributed by atoms with Crippen LogP contribution in [0.2, 0.25) is 0 Å². The predicted octanol–water partition coefficient (Wildman–Crippen LogP) is 1.54. The van der Waals surface area contributed by atoms with E-state index in [4.69, 9.17) is 9.84 Å². The van der Waals surface area contributed by atoms with E-state index in [0.29, 0.717) is 18.7 Å². The number of pyridine rings is 1. The first kappa shape index (κ1) is 16.4. The minimum Gasteiger partial charge on any atom is -0.497 e. The minimum absolute atomic E-state index is 0.0150. The lowest BCUT2D eigenvalue weighted by molar-refractivity contribution is 0.0690. The van der Waals surface area contributed by atoms with Crippen molar-refractivity contribution in [2.75, 3.05) is 13.7 Å². The van der Waals surface area contributed by atoms with Gasteiger partial charge in [0.25, 0.3) is 0 Å². The first-order valence-electron chi connectivity index (χ1n) is 7.27. The smallest absolute Gasteiger partial charge is 0.354 e. The molecule has 0 spiro atoms. The van der Waals surface area contributed by atoms with Crippen molar-refractivity contribution in [3.05, 3.63) is 53.3 Å². The van der Waals surface area contributed by atoms with Crippen LogP contribution in [0.3, 0.4) is 0 Å². The Morgan fingerprint density at radius 3 is 2.67 bits per heavy atom. The van der Waals surface area contributed by atoms with Gasteiger partial charge in [0.15, 0.2) is 0 Å². The van der Waals surface area contributed by atoms with E-state index >= 15 is 0 Å². The molecule has 0 fully saturated rings. The number of sulfonamides is 1. The van der Waals surface area contributed by atoms with E-state index in [9.17, 15) is 13.2 Å². The highest BCUT2D eigenvalue weighted by atomic mass is 32.2. The van der Waals surface area contributed by atoms with Crippen LogP contribution in [0.15, 0.2) is 41.4 Å². The summed E-state index contributed by atoms with van der Waals surface area (Å²) in [7, 11) is -2.17. The SMILES string of the molecule is COc1ccc2c(c1)CN(S(=O)(=O)c1ccc(C(=O)O)nc1)CC2. The van der Waals surface area contributed by atoms with Crippen LogP contribution in [0.5, 0.6) is 5.75 Å². The molecule has 0 amide bonds. The Bertz CT molecular complexity index is 878. The molecule has 1 aliphatic heterocycles. The number of benzene rings is 1. The fraction of sp³-hybridized carbons (Fsp3) is 0.250. The van der Waals surface area contributed by atoms with E-state index in [1.165, 1.54) is 16.4 Å². The van der Waals surface area contributed by atoms with Gasteiger partial charge in [0.1, 0.15) is 16.3 Å². The molecule has 0 atom stereocenters. The molecule has 1 aliphatic rings.